The Labute approximate surface area is 187 Å². The number of allylic oxidation sites excluding steroid dienone is 1. The van der Waals surface area contributed by atoms with Gasteiger partial charge in [-0.15, -0.1) is 0 Å². The Morgan fingerprint density at radius 3 is 2.25 bits per heavy atom. The highest BCUT2D eigenvalue weighted by molar-refractivity contribution is 6.24. The number of anilines is 1. The average molecular weight is 437 g/mol. The van der Waals surface area contributed by atoms with Crippen LogP contribution >= 0.6 is 0 Å². The molecule has 3 rings (SSSR count). The maximum atomic E-state index is 13.5. The van der Waals surface area contributed by atoms with Crippen molar-refractivity contribution >= 4 is 23.6 Å². The molecule has 0 N–H and O–H groups in total. The maximum Gasteiger partial charge on any atom is 0.340 e. The molecule has 1 aliphatic heterocycles. The number of carbonyl (C=O) groups is 2. The van der Waals surface area contributed by atoms with Crippen LogP contribution in [0.3, 0.4) is 0 Å². The van der Waals surface area contributed by atoms with E-state index in [9.17, 15) is 9.59 Å². The van der Waals surface area contributed by atoms with Crippen molar-refractivity contribution in [3.63, 3.8) is 0 Å². The Morgan fingerprint density at radius 2 is 1.66 bits per heavy atom. The fraction of sp³-hybridized carbons (Fsp3) is 0.280. The topological polar surface area (TPSA) is 74.3 Å². The van der Waals surface area contributed by atoms with Crippen LogP contribution in [-0.4, -0.2) is 39.3 Å². The fourth-order valence-electron chi connectivity index (χ4n) is 3.54. The zero-order valence-electron chi connectivity index (χ0n) is 18.9. The van der Waals surface area contributed by atoms with E-state index in [-0.39, 0.29) is 23.7 Å². The minimum atomic E-state index is -0.550. The van der Waals surface area contributed by atoms with E-state index in [0.717, 1.165) is 0 Å². The summed E-state index contributed by atoms with van der Waals surface area (Å²) in [4.78, 5) is 27.8. The van der Waals surface area contributed by atoms with E-state index in [1.807, 2.05) is 6.92 Å². The van der Waals surface area contributed by atoms with Crippen LogP contribution in [-0.2, 0) is 14.3 Å². The Morgan fingerprint density at radius 1 is 0.969 bits per heavy atom. The van der Waals surface area contributed by atoms with E-state index in [0.29, 0.717) is 40.8 Å². The van der Waals surface area contributed by atoms with Crippen LogP contribution in [0.15, 0.2) is 59.3 Å². The summed E-state index contributed by atoms with van der Waals surface area (Å²) in [5.41, 5.74) is 2.22. The lowest BCUT2D eigenvalue weighted by atomic mass is 10.0. The second-order valence-corrected chi connectivity index (χ2v) is 6.91. The van der Waals surface area contributed by atoms with Gasteiger partial charge < -0.3 is 18.9 Å². The molecule has 168 valence electrons. The molecule has 1 aliphatic rings. The minimum Gasteiger partial charge on any atom is -0.497 e. The van der Waals surface area contributed by atoms with Gasteiger partial charge in [-0.2, -0.15) is 0 Å². The van der Waals surface area contributed by atoms with E-state index in [1.54, 1.807) is 69.5 Å². The van der Waals surface area contributed by atoms with Crippen molar-refractivity contribution in [3.8, 4) is 17.2 Å². The summed E-state index contributed by atoms with van der Waals surface area (Å²) in [5, 5.41) is 0. The molecular formula is C25H27NO6. The van der Waals surface area contributed by atoms with Gasteiger partial charge in [-0.3, -0.25) is 9.69 Å². The standard InChI is InChI=1S/C25H27NO6/c1-6-31-19-12-9-18(10-13-19)26-16(3)23(25(28)32-7-2)21(24(26)27)14-17-8-11-20(29-4)15-22(17)30-5/h8-15H,6-7H2,1-5H3. The lowest BCUT2D eigenvalue weighted by molar-refractivity contribution is -0.138. The molecule has 7 nitrogen and oxygen atoms in total. The molecule has 1 amide bonds. The first-order chi connectivity index (χ1) is 15.4. The molecular weight excluding hydrogens is 410 g/mol. The number of ether oxygens (including phenoxy) is 4. The molecule has 0 aliphatic carbocycles. The molecule has 0 bridgehead atoms. The van der Waals surface area contributed by atoms with E-state index < -0.39 is 5.97 Å². The van der Waals surface area contributed by atoms with Gasteiger partial charge in [0.1, 0.15) is 17.2 Å². The molecule has 0 unspecified atom stereocenters. The predicted octanol–water partition coefficient (Wildman–Crippen LogP) is 4.37. The van der Waals surface area contributed by atoms with Crippen molar-refractivity contribution in [1.82, 2.24) is 0 Å². The van der Waals surface area contributed by atoms with Gasteiger partial charge in [-0.25, -0.2) is 4.79 Å². The number of nitrogens with zero attached hydrogens (tertiary/aromatic N) is 1. The lowest BCUT2D eigenvalue weighted by Gasteiger charge is -2.18. The molecule has 7 heteroatoms. The molecule has 32 heavy (non-hydrogen) atoms. The van der Waals surface area contributed by atoms with Crippen LogP contribution in [0.1, 0.15) is 26.3 Å². The summed E-state index contributed by atoms with van der Waals surface area (Å²) >= 11 is 0. The first kappa shape index (κ1) is 22.9. The quantitative estimate of drug-likeness (QED) is 0.451. The number of rotatable bonds is 8. The molecule has 1 heterocycles. The normalized spacial score (nSPS) is 14.7. The molecule has 0 saturated heterocycles. The Kier molecular flexibility index (Phi) is 7.20. The first-order valence-electron chi connectivity index (χ1n) is 10.3. The van der Waals surface area contributed by atoms with Gasteiger partial charge in [0, 0.05) is 23.0 Å². The number of carbonyl (C=O) groups excluding carboxylic acids is 2. The number of methoxy groups -OCH3 is 2. The van der Waals surface area contributed by atoms with Crippen LogP contribution in [0.4, 0.5) is 5.69 Å². The molecule has 0 fully saturated rings. The average Bonchev–Trinajstić information content (AvgIpc) is 3.04. The second-order valence-electron chi connectivity index (χ2n) is 6.91. The number of esters is 1. The minimum absolute atomic E-state index is 0.200. The largest absolute Gasteiger partial charge is 0.497 e. The van der Waals surface area contributed by atoms with Crippen molar-refractivity contribution in [2.75, 3.05) is 32.3 Å². The third kappa shape index (κ3) is 4.46. The van der Waals surface area contributed by atoms with Gasteiger partial charge in [-0.05, 0) is 63.2 Å². The zero-order valence-corrected chi connectivity index (χ0v) is 18.9. The van der Waals surface area contributed by atoms with Gasteiger partial charge in [0.15, 0.2) is 0 Å². The molecule has 2 aromatic rings. The summed E-state index contributed by atoms with van der Waals surface area (Å²) in [6.07, 6.45) is 1.64. The zero-order chi connectivity index (χ0) is 23.3. The van der Waals surface area contributed by atoms with E-state index in [2.05, 4.69) is 0 Å². The number of benzene rings is 2. The smallest absolute Gasteiger partial charge is 0.340 e. The highest BCUT2D eigenvalue weighted by atomic mass is 16.5. The molecule has 0 aromatic heterocycles. The number of hydrogen-bond donors (Lipinski definition) is 0. The van der Waals surface area contributed by atoms with Crippen LogP contribution in [0.2, 0.25) is 0 Å². The Hall–Kier alpha value is -3.74. The number of hydrogen-bond acceptors (Lipinski definition) is 6. The van der Waals surface area contributed by atoms with Gasteiger partial charge >= 0.3 is 5.97 Å². The van der Waals surface area contributed by atoms with Crippen molar-refractivity contribution in [1.29, 1.82) is 0 Å². The summed E-state index contributed by atoms with van der Waals surface area (Å²) in [6.45, 7) is 6.11. The van der Waals surface area contributed by atoms with Crippen LogP contribution < -0.4 is 19.1 Å². The highest BCUT2D eigenvalue weighted by Gasteiger charge is 2.38. The summed E-state index contributed by atoms with van der Waals surface area (Å²) in [7, 11) is 3.10. The van der Waals surface area contributed by atoms with Gasteiger partial charge in [-0.1, -0.05) is 0 Å². The summed E-state index contributed by atoms with van der Waals surface area (Å²) in [5.74, 6) is 0.965. The van der Waals surface area contributed by atoms with E-state index in [4.69, 9.17) is 18.9 Å². The molecule has 0 radical (unpaired) electrons. The van der Waals surface area contributed by atoms with Crippen LogP contribution in [0, 0.1) is 0 Å². The third-order valence-corrected chi connectivity index (χ3v) is 5.03. The SMILES string of the molecule is CCOC(=O)C1=C(C)N(c2ccc(OCC)cc2)C(=O)C1=Cc1ccc(OC)cc1OC. The van der Waals surface area contributed by atoms with E-state index >= 15 is 0 Å². The molecule has 2 aromatic carbocycles. The lowest BCUT2D eigenvalue weighted by Crippen LogP contribution is -2.24. The van der Waals surface area contributed by atoms with E-state index in [1.165, 1.54) is 12.0 Å². The Balaban J connectivity index is 2.10. The van der Waals surface area contributed by atoms with Gasteiger partial charge in [0.2, 0.25) is 0 Å². The fourth-order valence-corrected chi connectivity index (χ4v) is 3.54. The summed E-state index contributed by atoms with van der Waals surface area (Å²) in [6, 6.07) is 12.4. The van der Waals surface area contributed by atoms with Gasteiger partial charge in [0.25, 0.3) is 5.91 Å². The summed E-state index contributed by atoms with van der Waals surface area (Å²) < 4.78 is 21.4. The monoisotopic (exact) mass is 437 g/mol. The van der Waals surface area contributed by atoms with Crippen molar-refractivity contribution < 1.29 is 28.5 Å². The maximum absolute atomic E-state index is 13.5. The third-order valence-electron chi connectivity index (χ3n) is 5.03. The Bertz CT molecular complexity index is 1070. The predicted molar refractivity (Wildman–Crippen MR) is 122 cm³/mol. The number of amides is 1. The van der Waals surface area contributed by atoms with Gasteiger partial charge in [0.05, 0.1) is 38.6 Å². The molecule has 0 spiro atoms. The van der Waals surface area contributed by atoms with Crippen LogP contribution in [0.25, 0.3) is 6.08 Å². The molecule has 0 saturated carbocycles. The highest BCUT2D eigenvalue weighted by Crippen LogP contribution is 2.37. The molecule has 0 atom stereocenters. The van der Waals surface area contributed by atoms with Crippen molar-refractivity contribution in [3.05, 3.63) is 64.9 Å². The first-order valence-corrected chi connectivity index (χ1v) is 10.3. The van der Waals surface area contributed by atoms with Crippen LogP contribution in [0.5, 0.6) is 17.2 Å². The van der Waals surface area contributed by atoms with Crippen molar-refractivity contribution in [2.24, 2.45) is 0 Å². The van der Waals surface area contributed by atoms with Crippen molar-refractivity contribution in [2.45, 2.75) is 20.8 Å². The second kappa shape index (κ2) is 10.0.